The van der Waals surface area contributed by atoms with Gasteiger partial charge in [0, 0.05) is 31.0 Å². The second-order valence-corrected chi connectivity index (χ2v) is 6.56. The summed E-state index contributed by atoms with van der Waals surface area (Å²) >= 11 is 1.84. The smallest absolute Gasteiger partial charge is 0.225 e. The summed E-state index contributed by atoms with van der Waals surface area (Å²) < 4.78 is 0. The monoisotopic (exact) mass is 276 g/mol. The van der Waals surface area contributed by atoms with E-state index in [2.05, 4.69) is 16.0 Å². The molecule has 0 atom stereocenters. The lowest BCUT2D eigenvalue weighted by atomic mass is 9.98. The van der Waals surface area contributed by atoms with Crippen LogP contribution in [0, 0.1) is 11.8 Å². The van der Waals surface area contributed by atoms with Crippen molar-refractivity contribution < 1.29 is 4.79 Å². The molecule has 1 aromatic heterocycles. The predicted molar refractivity (Wildman–Crippen MR) is 77.0 cm³/mol. The molecule has 3 rings (SSSR count). The first kappa shape index (κ1) is 13.0. The number of carbonyl (C=O) groups is 1. The number of piperidine rings is 1. The van der Waals surface area contributed by atoms with Crippen molar-refractivity contribution in [2.24, 2.45) is 11.8 Å². The molecule has 1 aliphatic heterocycles. The summed E-state index contributed by atoms with van der Waals surface area (Å²) in [5, 5.41) is 1.11. The Labute approximate surface area is 118 Å². The van der Waals surface area contributed by atoms with Gasteiger partial charge in [0.1, 0.15) is 0 Å². The Balaban J connectivity index is 1.41. The Morgan fingerprint density at radius 3 is 2.68 bits per heavy atom. The summed E-state index contributed by atoms with van der Waals surface area (Å²) in [6, 6.07) is 6.05. The number of hydrogen-bond donors (Lipinski definition) is 0. The summed E-state index contributed by atoms with van der Waals surface area (Å²) in [5.74, 6) is 2.65. The maximum atomic E-state index is 12.0. The fourth-order valence-corrected chi connectivity index (χ4v) is 3.59. The van der Waals surface area contributed by atoms with Crippen LogP contribution in [0.2, 0.25) is 0 Å². The van der Waals surface area contributed by atoms with Gasteiger partial charge in [0.15, 0.2) is 0 Å². The Kier molecular flexibility index (Phi) is 4.06. The van der Waals surface area contributed by atoms with Gasteiger partial charge in [-0.3, -0.25) is 4.79 Å². The topological polar surface area (TPSA) is 33.2 Å². The van der Waals surface area contributed by atoms with Crippen LogP contribution in [-0.2, 0) is 4.79 Å². The highest BCUT2D eigenvalue weighted by Crippen LogP contribution is 2.33. The van der Waals surface area contributed by atoms with Crippen LogP contribution in [0.15, 0.2) is 29.4 Å². The number of rotatable bonds is 4. The van der Waals surface area contributed by atoms with E-state index in [0.717, 1.165) is 55.5 Å². The molecular weight excluding hydrogens is 256 g/mol. The number of aromatic nitrogens is 1. The average molecular weight is 276 g/mol. The Hall–Kier alpha value is -1.03. The summed E-state index contributed by atoms with van der Waals surface area (Å²) in [7, 11) is 0. The molecule has 102 valence electrons. The van der Waals surface area contributed by atoms with Crippen LogP contribution in [0.3, 0.4) is 0 Å². The van der Waals surface area contributed by atoms with Crippen LogP contribution < -0.4 is 0 Å². The number of amides is 1. The van der Waals surface area contributed by atoms with Crippen LogP contribution in [0.25, 0.3) is 0 Å². The summed E-state index contributed by atoms with van der Waals surface area (Å²) in [5.41, 5.74) is 0. The first-order chi connectivity index (χ1) is 9.33. The van der Waals surface area contributed by atoms with Gasteiger partial charge >= 0.3 is 0 Å². The van der Waals surface area contributed by atoms with Gasteiger partial charge in [-0.2, -0.15) is 0 Å². The molecule has 0 bridgehead atoms. The molecule has 1 saturated heterocycles. The molecule has 3 nitrogen and oxygen atoms in total. The fourth-order valence-electron chi connectivity index (χ4n) is 2.54. The van der Waals surface area contributed by atoms with Gasteiger partial charge in [-0.1, -0.05) is 6.07 Å². The Morgan fingerprint density at radius 2 is 2.05 bits per heavy atom. The fraction of sp³-hybridized carbons (Fsp3) is 0.600. The van der Waals surface area contributed by atoms with E-state index in [9.17, 15) is 4.79 Å². The maximum Gasteiger partial charge on any atom is 0.225 e. The molecule has 1 amide bonds. The van der Waals surface area contributed by atoms with Crippen molar-refractivity contribution in [2.75, 3.05) is 18.8 Å². The lowest BCUT2D eigenvalue weighted by Crippen LogP contribution is -2.39. The number of hydrogen-bond acceptors (Lipinski definition) is 3. The Bertz CT molecular complexity index is 425. The Morgan fingerprint density at radius 1 is 1.26 bits per heavy atom. The van der Waals surface area contributed by atoms with E-state index in [4.69, 9.17) is 0 Å². The van der Waals surface area contributed by atoms with E-state index < -0.39 is 0 Å². The van der Waals surface area contributed by atoms with Crippen LogP contribution in [0.1, 0.15) is 25.7 Å². The minimum absolute atomic E-state index is 0.374. The standard InChI is InChI=1S/C15H20N2OS/c18-15(13-4-5-13)17-9-6-12(7-10-17)11-19-14-3-1-2-8-16-14/h1-3,8,12-13H,4-7,9-11H2. The average Bonchev–Trinajstić information content (AvgIpc) is 3.31. The van der Waals surface area contributed by atoms with Crippen molar-refractivity contribution >= 4 is 17.7 Å². The second-order valence-electron chi connectivity index (χ2n) is 5.52. The van der Waals surface area contributed by atoms with Gasteiger partial charge in [-0.15, -0.1) is 11.8 Å². The third-order valence-electron chi connectivity index (χ3n) is 3.96. The lowest BCUT2D eigenvalue weighted by molar-refractivity contribution is -0.133. The quantitative estimate of drug-likeness (QED) is 0.793. The number of likely N-dealkylation sites (tertiary alicyclic amines) is 1. The zero-order valence-corrected chi connectivity index (χ0v) is 11.9. The van der Waals surface area contributed by atoms with Crippen molar-refractivity contribution in [2.45, 2.75) is 30.7 Å². The molecule has 2 aliphatic rings. The molecule has 0 radical (unpaired) electrons. The molecule has 0 N–H and O–H groups in total. The maximum absolute atomic E-state index is 12.0. The minimum atomic E-state index is 0.374. The number of thioether (sulfide) groups is 1. The molecular formula is C15H20N2OS. The van der Waals surface area contributed by atoms with Crippen LogP contribution in [0.5, 0.6) is 0 Å². The van der Waals surface area contributed by atoms with Gasteiger partial charge in [-0.25, -0.2) is 4.98 Å². The SMILES string of the molecule is O=C(C1CC1)N1CCC(CSc2ccccn2)CC1. The zero-order valence-electron chi connectivity index (χ0n) is 11.1. The van der Waals surface area contributed by atoms with Gasteiger partial charge in [-0.05, 0) is 43.7 Å². The number of nitrogens with zero attached hydrogens (tertiary/aromatic N) is 2. The van der Waals surface area contributed by atoms with E-state index in [-0.39, 0.29) is 0 Å². The van der Waals surface area contributed by atoms with Crippen LogP contribution in [-0.4, -0.2) is 34.6 Å². The predicted octanol–water partition coefficient (Wildman–Crippen LogP) is 2.82. The van der Waals surface area contributed by atoms with Crippen molar-refractivity contribution in [1.82, 2.24) is 9.88 Å². The van der Waals surface area contributed by atoms with Gasteiger partial charge in [0.25, 0.3) is 0 Å². The van der Waals surface area contributed by atoms with Crippen molar-refractivity contribution in [3.05, 3.63) is 24.4 Å². The highest BCUT2D eigenvalue weighted by atomic mass is 32.2. The van der Waals surface area contributed by atoms with E-state index in [1.54, 1.807) is 0 Å². The van der Waals surface area contributed by atoms with E-state index in [0.29, 0.717) is 11.8 Å². The van der Waals surface area contributed by atoms with E-state index in [1.165, 1.54) is 0 Å². The van der Waals surface area contributed by atoms with Gasteiger partial charge < -0.3 is 4.90 Å². The van der Waals surface area contributed by atoms with Crippen LogP contribution in [0.4, 0.5) is 0 Å². The molecule has 4 heteroatoms. The summed E-state index contributed by atoms with van der Waals surface area (Å²) in [6.45, 7) is 1.92. The van der Waals surface area contributed by atoms with Crippen LogP contribution >= 0.6 is 11.8 Å². The van der Waals surface area contributed by atoms with Crippen molar-refractivity contribution in [1.29, 1.82) is 0 Å². The summed E-state index contributed by atoms with van der Waals surface area (Å²) in [4.78, 5) is 18.4. The molecule has 1 saturated carbocycles. The number of pyridine rings is 1. The van der Waals surface area contributed by atoms with E-state index >= 15 is 0 Å². The highest BCUT2D eigenvalue weighted by molar-refractivity contribution is 7.99. The van der Waals surface area contributed by atoms with Gasteiger partial charge in [0.05, 0.1) is 5.03 Å². The normalized spacial score (nSPS) is 20.5. The third kappa shape index (κ3) is 3.50. The zero-order chi connectivity index (χ0) is 13.1. The molecule has 0 unspecified atom stereocenters. The highest BCUT2D eigenvalue weighted by Gasteiger charge is 2.34. The van der Waals surface area contributed by atoms with Crippen molar-refractivity contribution in [3.8, 4) is 0 Å². The molecule has 1 aromatic rings. The van der Waals surface area contributed by atoms with E-state index in [1.807, 2.05) is 30.1 Å². The number of carbonyl (C=O) groups excluding carboxylic acids is 1. The largest absolute Gasteiger partial charge is 0.342 e. The molecule has 2 fully saturated rings. The lowest BCUT2D eigenvalue weighted by Gasteiger charge is -2.32. The van der Waals surface area contributed by atoms with Gasteiger partial charge in [0.2, 0.25) is 5.91 Å². The molecule has 2 heterocycles. The first-order valence-electron chi connectivity index (χ1n) is 7.15. The molecule has 0 aromatic carbocycles. The molecule has 1 aliphatic carbocycles. The minimum Gasteiger partial charge on any atom is -0.342 e. The molecule has 19 heavy (non-hydrogen) atoms. The summed E-state index contributed by atoms with van der Waals surface area (Å²) in [6.07, 6.45) is 6.39. The molecule has 0 spiro atoms. The third-order valence-corrected chi connectivity index (χ3v) is 5.13. The second kappa shape index (κ2) is 5.95. The first-order valence-corrected chi connectivity index (χ1v) is 8.14. The van der Waals surface area contributed by atoms with Crippen molar-refractivity contribution in [3.63, 3.8) is 0 Å².